The molecule has 0 atom stereocenters. The van der Waals surface area contributed by atoms with Crippen molar-refractivity contribution in [2.45, 2.75) is 38.5 Å². The number of allylic oxidation sites excluding steroid dienone is 2. The van der Waals surface area contributed by atoms with Gasteiger partial charge in [-0.3, -0.25) is 4.79 Å². The molecule has 0 radical (unpaired) electrons. The van der Waals surface area contributed by atoms with Crippen molar-refractivity contribution in [1.29, 1.82) is 0 Å². The zero-order chi connectivity index (χ0) is 8.81. The van der Waals surface area contributed by atoms with Gasteiger partial charge in [-0.05, 0) is 31.3 Å². The smallest absolute Gasteiger partial charge is 0.158 e. The second kappa shape index (κ2) is 4.86. The van der Waals surface area contributed by atoms with Gasteiger partial charge in [0.15, 0.2) is 5.78 Å². The molecular weight excluding hydrogens is 152 g/mol. The summed E-state index contributed by atoms with van der Waals surface area (Å²) in [7, 11) is 0. The molecule has 0 unspecified atom stereocenters. The normalized spacial score (nSPS) is 17.3. The Labute approximate surface area is 72.7 Å². The number of hydrogen-bond donors (Lipinski definition) is 0. The average Bonchev–Trinajstić information content (AvgIpc) is 2.09. The van der Waals surface area contributed by atoms with Crippen LogP contribution in [0.4, 0.5) is 0 Å². The van der Waals surface area contributed by atoms with Crippen molar-refractivity contribution in [3.05, 3.63) is 11.6 Å². The van der Waals surface area contributed by atoms with E-state index in [2.05, 4.69) is 0 Å². The molecule has 2 nitrogen and oxygen atoms in total. The Balaban J connectivity index is 2.34. The molecule has 0 amide bonds. The fourth-order valence-electron chi connectivity index (χ4n) is 1.43. The first-order valence-electron chi connectivity index (χ1n) is 4.50. The van der Waals surface area contributed by atoms with Crippen LogP contribution >= 0.6 is 0 Å². The number of hydrogen-bond acceptors (Lipinski definition) is 2. The molecule has 0 spiro atoms. The van der Waals surface area contributed by atoms with Crippen molar-refractivity contribution in [2.75, 3.05) is 0 Å². The SMILES string of the molecule is O=CCCCC1=CCCCC1=O. The summed E-state index contributed by atoms with van der Waals surface area (Å²) in [4.78, 5) is 21.3. The van der Waals surface area contributed by atoms with Gasteiger partial charge in [0.05, 0.1) is 0 Å². The first-order chi connectivity index (χ1) is 5.84. The fraction of sp³-hybridized carbons (Fsp3) is 0.600. The van der Waals surface area contributed by atoms with Crippen LogP contribution in [-0.4, -0.2) is 12.1 Å². The second-order valence-electron chi connectivity index (χ2n) is 3.10. The van der Waals surface area contributed by atoms with Crippen molar-refractivity contribution in [3.63, 3.8) is 0 Å². The molecule has 1 aliphatic carbocycles. The number of carbonyl (C=O) groups is 2. The number of rotatable bonds is 4. The molecule has 0 aromatic carbocycles. The Morgan fingerprint density at radius 3 is 3.00 bits per heavy atom. The third-order valence-electron chi connectivity index (χ3n) is 2.12. The quantitative estimate of drug-likeness (QED) is 0.473. The highest BCUT2D eigenvalue weighted by Gasteiger charge is 2.12. The van der Waals surface area contributed by atoms with E-state index in [1.165, 1.54) is 0 Å². The van der Waals surface area contributed by atoms with Crippen molar-refractivity contribution in [3.8, 4) is 0 Å². The number of carbonyl (C=O) groups excluding carboxylic acids is 2. The van der Waals surface area contributed by atoms with Gasteiger partial charge in [-0.15, -0.1) is 0 Å². The summed E-state index contributed by atoms with van der Waals surface area (Å²) in [6.45, 7) is 0. The van der Waals surface area contributed by atoms with Gasteiger partial charge in [0.2, 0.25) is 0 Å². The zero-order valence-electron chi connectivity index (χ0n) is 7.21. The van der Waals surface area contributed by atoms with Gasteiger partial charge in [0.25, 0.3) is 0 Å². The van der Waals surface area contributed by atoms with E-state index >= 15 is 0 Å². The first kappa shape index (κ1) is 9.17. The van der Waals surface area contributed by atoms with E-state index < -0.39 is 0 Å². The minimum atomic E-state index is 0.284. The second-order valence-corrected chi connectivity index (χ2v) is 3.10. The van der Waals surface area contributed by atoms with Crippen LogP contribution in [0.25, 0.3) is 0 Å². The van der Waals surface area contributed by atoms with Crippen molar-refractivity contribution in [1.82, 2.24) is 0 Å². The molecule has 12 heavy (non-hydrogen) atoms. The number of aldehydes is 1. The molecular formula is C10H14O2. The predicted molar refractivity (Wildman–Crippen MR) is 46.9 cm³/mol. The first-order valence-corrected chi connectivity index (χ1v) is 4.50. The van der Waals surface area contributed by atoms with Crippen molar-refractivity contribution >= 4 is 12.1 Å². The maximum atomic E-state index is 11.2. The van der Waals surface area contributed by atoms with E-state index in [0.29, 0.717) is 12.8 Å². The van der Waals surface area contributed by atoms with Crippen LogP contribution in [0.3, 0.4) is 0 Å². The zero-order valence-corrected chi connectivity index (χ0v) is 7.21. The van der Waals surface area contributed by atoms with Crippen LogP contribution in [0.1, 0.15) is 38.5 Å². The summed E-state index contributed by atoms with van der Waals surface area (Å²) >= 11 is 0. The number of unbranched alkanes of at least 4 members (excludes halogenated alkanes) is 1. The molecule has 1 aliphatic rings. The van der Waals surface area contributed by atoms with E-state index in [4.69, 9.17) is 0 Å². The van der Waals surface area contributed by atoms with Gasteiger partial charge >= 0.3 is 0 Å². The Bertz CT molecular complexity index is 204. The average molecular weight is 166 g/mol. The van der Waals surface area contributed by atoms with Gasteiger partial charge in [0.1, 0.15) is 6.29 Å². The summed E-state index contributed by atoms with van der Waals surface area (Å²) in [6.07, 6.45) is 7.85. The summed E-state index contributed by atoms with van der Waals surface area (Å²) in [5.41, 5.74) is 0.947. The highest BCUT2D eigenvalue weighted by Crippen LogP contribution is 2.18. The van der Waals surface area contributed by atoms with Gasteiger partial charge in [-0.2, -0.15) is 0 Å². The van der Waals surface area contributed by atoms with E-state index in [0.717, 1.165) is 37.5 Å². The van der Waals surface area contributed by atoms with Gasteiger partial charge < -0.3 is 4.79 Å². The summed E-state index contributed by atoms with van der Waals surface area (Å²) < 4.78 is 0. The molecule has 0 aromatic heterocycles. The third kappa shape index (κ3) is 2.61. The lowest BCUT2D eigenvalue weighted by molar-refractivity contribution is -0.116. The molecule has 0 saturated heterocycles. The maximum Gasteiger partial charge on any atom is 0.158 e. The molecule has 0 bridgehead atoms. The van der Waals surface area contributed by atoms with E-state index in [1.807, 2.05) is 6.08 Å². The molecule has 1 rings (SSSR count). The van der Waals surface area contributed by atoms with Crippen LogP contribution in [-0.2, 0) is 9.59 Å². The highest BCUT2D eigenvalue weighted by atomic mass is 16.1. The molecule has 0 saturated carbocycles. The molecule has 0 aromatic rings. The van der Waals surface area contributed by atoms with Crippen molar-refractivity contribution in [2.24, 2.45) is 0 Å². The Morgan fingerprint density at radius 1 is 1.50 bits per heavy atom. The van der Waals surface area contributed by atoms with Gasteiger partial charge in [0, 0.05) is 12.8 Å². The minimum Gasteiger partial charge on any atom is -0.303 e. The number of ketones is 1. The standard InChI is InChI=1S/C10H14O2/c11-8-4-3-6-9-5-1-2-7-10(9)12/h5,8H,1-4,6-7H2. The summed E-state index contributed by atoms with van der Waals surface area (Å²) in [5.74, 6) is 0.284. The maximum absolute atomic E-state index is 11.2. The molecule has 0 aliphatic heterocycles. The van der Waals surface area contributed by atoms with Gasteiger partial charge in [-0.1, -0.05) is 6.08 Å². The monoisotopic (exact) mass is 166 g/mol. The van der Waals surface area contributed by atoms with Crippen LogP contribution in [0, 0.1) is 0 Å². The van der Waals surface area contributed by atoms with E-state index in [9.17, 15) is 9.59 Å². The Morgan fingerprint density at radius 2 is 2.33 bits per heavy atom. The van der Waals surface area contributed by atoms with Crippen LogP contribution < -0.4 is 0 Å². The fourth-order valence-corrected chi connectivity index (χ4v) is 1.43. The lowest BCUT2D eigenvalue weighted by Gasteiger charge is -2.10. The van der Waals surface area contributed by atoms with Crippen LogP contribution in [0.2, 0.25) is 0 Å². The molecule has 0 fully saturated rings. The Kier molecular flexibility index (Phi) is 3.71. The Hall–Kier alpha value is -0.920. The minimum absolute atomic E-state index is 0.284. The highest BCUT2D eigenvalue weighted by molar-refractivity contribution is 5.95. The summed E-state index contributed by atoms with van der Waals surface area (Å²) in [5, 5.41) is 0. The molecule has 2 heteroatoms. The molecule has 0 N–H and O–H groups in total. The van der Waals surface area contributed by atoms with E-state index in [1.54, 1.807) is 0 Å². The van der Waals surface area contributed by atoms with Crippen LogP contribution in [0.5, 0.6) is 0 Å². The number of Topliss-reactive ketones (excluding diaryl/α,β-unsaturated/α-hetero) is 1. The lowest BCUT2D eigenvalue weighted by Crippen LogP contribution is -2.06. The third-order valence-corrected chi connectivity index (χ3v) is 2.12. The van der Waals surface area contributed by atoms with Gasteiger partial charge in [-0.25, -0.2) is 0 Å². The van der Waals surface area contributed by atoms with Crippen LogP contribution in [0.15, 0.2) is 11.6 Å². The predicted octanol–water partition coefficient (Wildman–Crippen LogP) is 2.04. The van der Waals surface area contributed by atoms with E-state index in [-0.39, 0.29) is 5.78 Å². The molecule has 0 heterocycles. The topological polar surface area (TPSA) is 34.1 Å². The lowest BCUT2D eigenvalue weighted by atomic mass is 9.94. The summed E-state index contributed by atoms with van der Waals surface area (Å²) in [6, 6.07) is 0. The largest absolute Gasteiger partial charge is 0.303 e. The van der Waals surface area contributed by atoms with Crippen molar-refractivity contribution < 1.29 is 9.59 Å². The molecule has 66 valence electrons.